The van der Waals surface area contributed by atoms with Crippen molar-refractivity contribution in [1.29, 1.82) is 0 Å². The Hall–Kier alpha value is -0.190. The molecule has 0 aromatic rings. The summed E-state index contributed by atoms with van der Waals surface area (Å²) in [5.74, 6) is 0. The Morgan fingerprint density at radius 1 is 1.70 bits per heavy atom. The van der Waals surface area contributed by atoms with Crippen LogP contribution in [0.3, 0.4) is 0 Å². The highest BCUT2D eigenvalue weighted by atomic mass is 31.2. The van der Waals surface area contributed by atoms with Crippen molar-refractivity contribution in [2.45, 2.75) is 5.72 Å². The number of nitrogens with two attached hydrogens (primary N) is 1. The molecule has 0 aliphatic carbocycles. The number of aliphatic hydroxyl groups is 1. The lowest BCUT2D eigenvalue weighted by Crippen LogP contribution is -2.40. The summed E-state index contributed by atoms with van der Waals surface area (Å²) in [7, 11) is -4.25. The zero-order chi connectivity index (χ0) is 8.41. The number of rotatable bonds is 3. The first-order valence-corrected chi connectivity index (χ1v) is 4.26. The summed E-state index contributed by atoms with van der Waals surface area (Å²) in [6.07, 6.45) is 0.0790. The molecule has 0 saturated carbocycles. The van der Waals surface area contributed by atoms with E-state index in [1.165, 1.54) is 0 Å². The number of hydrogen-bond acceptors (Lipinski definition) is 3. The van der Waals surface area contributed by atoms with Gasteiger partial charge in [0.25, 0.3) is 0 Å². The molecular formula is C4H10NO4P. The third-order valence-corrected chi connectivity index (χ3v) is 1.73. The van der Waals surface area contributed by atoms with E-state index in [1.54, 1.807) is 0 Å². The molecule has 0 radical (unpaired) electrons. The van der Waals surface area contributed by atoms with Gasteiger partial charge < -0.3 is 14.9 Å². The molecule has 0 fully saturated rings. The molecule has 0 spiro atoms. The number of hydrogen-bond donors (Lipinski definition) is 4. The van der Waals surface area contributed by atoms with Gasteiger partial charge in [-0.25, -0.2) is 0 Å². The molecule has 0 aromatic heterocycles. The lowest BCUT2D eigenvalue weighted by atomic mass is 10.3. The SMILES string of the molecule is C=CC(N)(O)CP(=O)(O)O. The Balaban J connectivity index is 4.15. The summed E-state index contributed by atoms with van der Waals surface area (Å²) in [5.41, 5.74) is 2.97. The van der Waals surface area contributed by atoms with E-state index in [2.05, 4.69) is 6.58 Å². The van der Waals surface area contributed by atoms with Crippen molar-refractivity contribution in [1.82, 2.24) is 0 Å². The minimum absolute atomic E-state index is 0.802. The van der Waals surface area contributed by atoms with Crippen LogP contribution in [0.15, 0.2) is 12.7 Å². The van der Waals surface area contributed by atoms with Crippen LogP contribution in [-0.4, -0.2) is 26.8 Å². The van der Waals surface area contributed by atoms with Gasteiger partial charge in [-0.05, 0) is 6.08 Å². The molecule has 60 valence electrons. The van der Waals surface area contributed by atoms with Gasteiger partial charge in [-0.15, -0.1) is 0 Å². The summed E-state index contributed by atoms with van der Waals surface area (Å²) < 4.78 is 10.2. The van der Waals surface area contributed by atoms with Crippen molar-refractivity contribution < 1.29 is 19.5 Å². The molecule has 10 heavy (non-hydrogen) atoms. The fourth-order valence-electron chi connectivity index (χ4n) is 0.394. The van der Waals surface area contributed by atoms with Crippen LogP contribution in [0.1, 0.15) is 0 Å². The van der Waals surface area contributed by atoms with Crippen LogP contribution < -0.4 is 5.73 Å². The van der Waals surface area contributed by atoms with Gasteiger partial charge in [0.15, 0.2) is 0 Å². The summed E-state index contributed by atoms with van der Waals surface area (Å²) >= 11 is 0. The fraction of sp³-hybridized carbons (Fsp3) is 0.500. The van der Waals surface area contributed by atoms with Crippen LogP contribution in [0.4, 0.5) is 0 Å². The van der Waals surface area contributed by atoms with Crippen molar-refractivity contribution in [3.8, 4) is 0 Å². The Morgan fingerprint density at radius 3 is 2.20 bits per heavy atom. The van der Waals surface area contributed by atoms with Crippen molar-refractivity contribution in [2.24, 2.45) is 5.73 Å². The molecule has 0 aromatic carbocycles. The van der Waals surface area contributed by atoms with Gasteiger partial charge in [0.2, 0.25) is 0 Å². The molecule has 5 N–H and O–H groups in total. The Bertz CT molecular complexity index is 172. The van der Waals surface area contributed by atoms with Crippen molar-refractivity contribution in [3.05, 3.63) is 12.7 Å². The average Bonchev–Trinajstić information content (AvgIpc) is 1.60. The van der Waals surface area contributed by atoms with E-state index in [1.807, 2.05) is 0 Å². The fourth-order valence-corrected chi connectivity index (χ4v) is 1.18. The Kier molecular flexibility index (Phi) is 2.76. The van der Waals surface area contributed by atoms with Gasteiger partial charge in [-0.3, -0.25) is 10.3 Å². The molecule has 0 amide bonds. The molecule has 0 rings (SSSR count). The first-order chi connectivity index (χ1) is 4.27. The first-order valence-electron chi connectivity index (χ1n) is 2.46. The third-order valence-electron chi connectivity index (χ3n) is 0.813. The maximum atomic E-state index is 10.2. The predicted octanol–water partition coefficient (Wildman–Crippen LogP) is -1.00. The maximum Gasteiger partial charge on any atom is 0.330 e. The molecule has 0 heterocycles. The average molecular weight is 167 g/mol. The lowest BCUT2D eigenvalue weighted by Gasteiger charge is -2.18. The molecule has 6 heteroatoms. The van der Waals surface area contributed by atoms with E-state index in [-0.39, 0.29) is 0 Å². The predicted molar refractivity (Wildman–Crippen MR) is 36.2 cm³/mol. The van der Waals surface area contributed by atoms with Gasteiger partial charge in [0, 0.05) is 0 Å². The topological polar surface area (TPSA) is 104 Å². The second-order valence-corrected chi connectivity index (χ2v) is 3.66. The molecule has 0 aliphatic heterocycles. The van der Waals surface area contributed by atoms with Gasteiger partial charge in [-0.2, -0.15) is 0 Å². The molecular weight excluding hydrogens is 157 g/mol. The van der Waals surface area contributed by atoms with Gasteiger partial charge in [0.1, 0.15) is 5.72 Å². The molecule has 1 atom stereocenters. The van der Waals surface area contributed by atoms with Crippen LogP contribution in [0.25, 0.3) is 0 Å². The van der Waals surface area contributed by atoms with E-state index < -0.39 is 19.5 Å². The van der Waals surface area contributed by atoms with Crippen molar-refractivity contribution in [3.63, 3.8) is 0 Å². The van der Waals surface area contributed by atoms with Gasteiger partial charge in [0.05, 0.1) is 6.16 Å². The van der Waals surface area contributed by atoms with Crippen molar-refractivity contribution in [2.75, 3.05) is 6.16 Å². The molecule has 1 unspecified atom stereocenters. The van der Waals surface area contributed by atoms with Crippen molar-refractivity contribution >= 4 is 7.60 Å². The Labute approximate surface area is 58.3 Å². The van der Waals surface area contributed by atoms with Crippen LogP contribution in [0.5, 0.6) is 0 Å². The van der Waals surface area contributed by atoms with E-state index in [4.69, 9.17) is 20.6 Å². The minimum Gasteiger partial charge on any atom is -0.372 e. The second-order valence-electron chi connectivity index (χ2n) is 2.02. The van der Waals surface area contributed by atoms with E-state index >= 15 is 0 Å². The highest BCUT2D eigenvalue weighted by Gasteiger charge is 2.27. The van der Waals surface area contributed by atoms with Crippen LogP contribution in [0, 0.1) is 0 Å². The van der Waals surface area contributed by atoms with E-state index in [9.17, 15) is 4.57 Å². The van der Waals surface area contributed by atoms with Crippen LogP contribution in [0.2, 0.25) is 0 Å². The second kappa shape index (κ2) is 2.82. The maximum absolute atomic E-state index is 10.2. The monoisotopic (exact) mass is 167 g/mol. The van der Waals surface area contributed by atoms with Crippen LogP contribution in [-0.2, 0) is 4.57 Å². The molecule has 0 saturated heterocycles. The summed E-state index contributed by atoms with van der Waals surface area (Å²) in [4.78, 5) is 16.6. The lowest BCUT2D eigenvalue weighted by molar-refractivity contribution is 0.117. The van der Waals surface area contributed by atoms with E-state index in [0.29, 0.717) is 0 Å². The zero-order valence-corrected chi connectivity index (χ0v) is 6.16. The highest BCUT2D eigenvalue weighted by Crippen LogP contribution is 2.36. The molecule has 5 nitrogen and oxygen atoms in total. The van der Waals surface area contributed by atoms with E-state index in [0.717, 1.165) is 6.08 Å². The van der Waals surface area contributed by atoms with Gasteiger partial charge >= 0.3 is 7.60 Å². The third kappa shape index (κ3) is 4.67. The minimum atomic E-state index is -4.25. The summed E-state index contributed by atoms with van der Waals surface area (Å²) in [5, 5.41) is 8.83. The smallest absolute Gasteiger partial charge is 0.330 e. The highest BCUT2D eigenvalue weighted by molar-refractivity contribution is 7.51. The van der Waals surface area contributed by atoms with Crippen LogP contribution >= 0.6 is 7.60 Å². The molecule has 0 bridgehead atoms. The first kappa shape index (κ1) is 9.81. The summed E-state index contributed by atoms with van der Waals surface area (Å²) in [6, 6.07) is 0. The standard InChI is InChI=1S/C4H10NO4P/c1-2-4(5,6)3-10(7,8)9/h2,6H,1,3,5H2,(H2,7,8,9). The zero-order valence-electron chi connectivity index (χ0n) is 5.27. The van der Waals surface area contributed by atoms with Gasteiger partial charge in [-0.1, -0.05) is 6.58 Å². The quantitative estimate of drug-likeness (QED) is 0.245. The molecule has 0 aliphatic rings. The largest absolute Gasteiger partial charge is 0.372 e. The normalized spacial score (nSPS) is 18.0. The Morgan fingerprint density at radius 2 is 2.10 bits per heavy atom. The summed E-state index contributed by atoms with van der Waals surface area (Å²) in [6.45, 7) is 3.10.